The van der Waals surface area contributed by atoms with E-state index in [1.165, 1.54) is 4.90 Å². The fraction of sp³-hybridized carbons (Fsp3) is 0.579. The molecule has 2 fully saturated rings. The molecule has 0 aromatic carbocycles. The van der Waals surface area contributed by atoms with Crippen LogP contribution in [0.4, 0.5) is 10.6 Å². The van der Waals surface area contributed by atoms with Crippen molar-refractivity contribution in [3.8, 4) is 0 Å². The second-order valence-electron chi connectivity index (χ2n) is 7.16. The van der Waals surface area contributed by atoms with Crippen molar-refractivity contribution in [2.45, 2.75) is 19.3 Å². The van der Waals surface area contributed by atoms with E-state index >= 15 is 0 Å². The lowest BCUT2D eigenvalue weighted by Crippen LogP contribution is -2.50. The van der Waals surface area contributed by atoms with E-state index in [2.05, 4.69) is 15.2 Å². The molecule has 0 aliphatic carbocycles. The Morgan fingerprint density at radius 1 is 1.11 bits per heavy atom. The van der Waals surface area contributed by atoms with Crippen molar-refractivity contribution in [2.75, 3.05) is 50.7 Å². The molecule has 1 atom stereocenters. The monoisotopic (exact) mass is 389 g/mol. The largest absolute Gasteiger partial charge is 0.481 e. The number of rotatable bonds is 5. The Morgan fingerprint density at radius 2 is 1.89 bits per heavy atom. The summed E-state index contributed by atoms with van der Waals surface area (Å²) in [5.74, 6) is -0.430. The number of amides is 3. The number of aliphatic carboxylic acids is 1. The quantitative estimate of drug-likeness (QED) is 0.765. The van der Waals surface area contributed by atoms with Gasteiger partial charge >= 0.3 is 12.0 Å². The smallest absolute Gasteiger partial charge is 0.317 e. The third-order valence-corrected chi connectivity index (χ3v) is 5.28. The number of aromatic nitrogens is 1. The first kappa shape index (κ1) is 19.9. The molecule has 9 nitrogen and oxygen atoms in total. The van der Waals surface area contributed by atoms with Crippen molar-refractivity contribution in [1.29, 1.82) is 0 Å². The highest BCUT2D eigenvalue weighted by Crippen LogP contribution is 2.16. The molecule has 2 saturated heterocycles. The summed E-state index contributed by atoms with van der Waals surface area (Å²) in [4.78, 5) is 45.5. The van der Waals surface area contributed by atoms with E-state index in [0.717, 1.165) is 18.9 Å². The summed E-state index contributed by atoms with van der Waals surface area (Å²) in [5.41, 5.74) is 0. The maximum Gasteiger partial charge on any atom is 0.317 e. The Kier molecular flexibility index (Phi) is 6.67. The lowest BCUT2D eigenvalue weighted by atomic mass is 9.99. The van der Waals surface area contributed by atoms with E-state index in [-0.39, 0.29) is 31.4 Å². The molecule has 1 aromatic rings. The Morgan fingerprint density at radius 3 is 2.57 bits per heavy atom. The van der Waals surface area contributed by atoms with Crippen LogP contribution in [0, 0.1) is 5.92 Å². The van der Waals surface area contributed by atoms with Crippen molar-refractivity contribution in [3.05, 3.63) is 24.4 Å². The van der Waals surface area contributed by atoms with Gasteiger partial charge < -0.3 is 25.1 Å². The summed E-state index contributed by atoms with van der Waals surface area (Å²) in [7, 11) is 0. The zero-order valence-corrected chi connectivity index (χ0v) is 15.9. The zero-order valence-electron chi connectivity index (χ0n) is 15.9. The SMILES string of the molecule is O=C(O)C1CCCN(C(=O)NCCC(=O)N2CCN(c3ccccn3)CC2)C1. The first-order valence-electron chi connectivity index (χ1n) is 9.74. The number of pyridine rings is 1. The summed E-state index contributed by atoms with van der Waals surface area (Å²) < 4.78 is 0. The maximum absolute atomic E-state index is 12.4. The summed E-state index contributed by atoms with van der Waals surface area (Å²) in [6.07, 6.45) is 3.29. The van der Waals surface area contributed by atoms with Crippen molar-refractivity contribution in [3.63, 3.8) is 0 Å². The minimum Gasteiger partial charge on any atom is -0.481 e. The summed E-state index contributed by atoms with van der Waals surface area (Å²) in [5, 5.41) is 11.8. The molecule has 2 N–H and O–H groups in total. The highest BCUT2D eigenvalue weighted by Gasteiger charge is 2.28. The molecule has 28 heavy (non-hydrogen) atoms. The van der Waals surface area contributed by atoms with Crippen LogP contribution in [0.15, 0.2) is 24.4 Å². The maximum atomic E-state index is 12.4. The van der Waals surface area contributed by atoms with Crippen LogP contribution in [0.3, 0.4) is 0 Å². The highest BCUT2D eigenvalue weighted by molar-refractivity contribution is 5.79. The van der Waals surface area contributed by atoms with E-state index in [1.807, 2.05) is 23.1 Å². The highest BCUT2D eigenvalue weighted by atomic mass is 16.4. The van der Waals surface area contributed by atoms with E-state index in [1.54, 1.807) is 6.20 Å². The number of nitrogens with zero attached hydrogens (tertiary/aromatic N) is 4. The van der Waals surface area contributed by atoms with Gasteiger partial charge in [0.05, 0.1) is 5.92 Å². The first-order valence-corrected chi connectivity index (χ1v) is 9.74. The van der Waals surface area contributed by atoms with Gasteiger partial charge in [0.25, 0.3) is 0 Å². The summed E-state index contributed by atoms with van der Waals surface area (Å²) in [6, 6.07) is 5.49. The van der Waals surface area contributed by atoms with Crippen molar-refractivity contribution >= 4 is 23.7 Å². The number of hydrogen-bond acceptors (Lipinski definition) is 5. The lowest BCUT2D eigenvalue weighted by molar-refractivity contribution is -0.143. The fourth-order valence-corrected chi connectivity index (χ4v) is 3.64. The van der Waals surface area contributed by atoms with Crippen LogP contribution in [0.1, 0.15) is 19.3 Å². The molecule has 3 heterocycles. The van der Waals surface area contributed by atoms with Crippen molar-refractivity contribution < 1.29 is 19.5 Å². The summed E-state index contributed by atoms with van der Waals surface area (Å²) >= 11 is 0. The topological polar surface area (TPSA) is 106 Å². The average Bonchev–Trinajstić information content (AvgIpc) is 2.74. The van der Waals surface area contributed by atoms with Gasteiger partial charge in [0.2, 0.25) is 5.91 Å². The lowest BCUT2D eigenvalue weighted by Gasteiger charge is -2.35. The van der Waals surface area contributed by atoms with Crippen LogP contribution >= 0.6 is 0 Å². The molecule has 0 bridgehead atoms. The number of urea groups is 1. The van der Waals surface area contributed by atoms with Crippen LogP contribution in [0.5, 0.6) is 0 Å². The molecule has 1 aromatic heterocycles. The molecule has 0 saturated carbocycles. The van der Waals surface area contributed by atoms with Gasteiger partial charge in [-0.3, -0.25) is 9.59 Å². The number of anilines is 1. The van der Waals surface area contributed by atoms with Gasteiger partial charge in [-0.2, -0.15) is 0 Å². The molecule has 0 radical (unpaired) electrons. The first-order chi connectivity index (χ1) is 13.5. The second-order valence-corrected chi connectivity index (χ2v) is 7.16. The van der Waals surface area contributed by atoms with Crippen LogP contribution in [0.2, 0.25) is 0 Å². The Bertz CT molecular complexity index is 691. The van der Waals surface area contributed by atoms with Gasteiger partial charge in [-0.05, 0) is 25.0 Å². The molecule has 3 rings (SSSR count). The Balaban J connectivity index is 1.37. The molecule has 152 valence electrons. The predicted molar refractivity (Wildman–Crippen MR) is 103 cm³/mol. The molecular formula is C19H27N5O4. The van der Waals surface area contributed by atoms with E-state index in [4.69, 9.17) is 5.11 Å². The normalized spacial score (nSPS) is 20.0. The van der Waals surface area contributed by atoms with Gasteiger partial charge in [-0.25, -0.2) is 9.78 Å². The van der Waals surface area contributed by atoms with Crippen molar-refractivity contribution in [2.24, 2.45) is 5.92 Å². The number of carboxylic acids is 1. The number of nitrogens with one attached hydrogen (secondary N) is 1. The predicted octanol–water partition coefficient (Wildman–Crippen LogP) is 0.627. The molecule has 0 spiro atoms. The van der Waals surface area contributed by atoms with Gasteiger partial charge in [0, 0.05) is 58.4 Å². The molecule has 1 unspecified atom stereocenters. The molecule has 9 heteroatoms. The average molecular weight is 389 g/mol. The standard InChI is InChI=1S/C19H27N5O4/c25-17(23-12-10-22(11-13-23)16-5-1-2-7-20-16)6-8-21-19(28)24-9-3-4-15(14-24)18(26)27/h1-2,5,7,15H,3-4,6,8-14H2,(H,21,28)(H,26,27). The minimum absolute atomic E-state index is 0.0167. The number of carbonyl (C=O) groups excluding carboxylic acids is 2. The summed E-state index contributed by atoms with van der Waals surface area (Å²) in [6.45, 7) is 3.78. The number of carboxylic acid groups (broad SMARTS) is 1. The van der Waals surface area contributed by atoms with Crippen LogP contribution in [-0.2, 0) is 9.59 Å². The number of hydrogen-bond donors (Lipinski definition) is 2. The van der Waals surface area contributed by atoms with Gasteiger partial charge in [-0.15, -0.1) is 0 Å². The van der Waals surface area contributed by atoms with Crippen molar-refractivity contribution in [1.82, 2.24) is 20.1 Å². The van der Waals surface area contributed by atoms with Gasteiger partial charge in [0.15, 0.2) is 0 Å². The number of piperidine rings is 1. The molecule has 2 aliphatic heterocycles. The van der Waals surface area contributed by atoms with E-state index < -0.39 is 11.9 Å². The van der Waals surface area contributed by atoms with E-state index in [0.29, 0.717) is 32.5 Å². The number of piperazine rings is 1. The van der Waals surface area contributed by atoms with Crippen LogP contribution in [0.25, 0.3) is 0 Å². The fourth-order valence-electron chi connectivity index (χ4n) is 3.64. The van der Waals surface area contributed by atoms with Gasteiger partial charge in [0.1, 0.15) is 5.82 Å². The van der Waals surface area contributed by atoms with Crippen LogP contribution in [-0.4, -0.2) is 83.6 Å². The zero-order chi connectivity index (χ0) is 19.9. The third-order valence-electron chi connectivity index (χ3n) is 5.28. The molecule has 3 amide bonds. The van der Waals surface area contributed by atoms with Crippen LogP contribution < -0.4 is 10.2 Å². The molecule has 2 aliphatic rings. The van der Waals surface area contributed by atoms with Gasteiger partial charge in [-0.1, -0.05) is 6.07 Å². The third kappa shape index (κ3) is 5.11. The van der Waals surface area contributed by atoms with E-state index in [9.17, 15) is 14.4 Å². The second kappa shape index (κ2) is 9.38. The Hall–Kier alpha value is -2.84. The number of carbonyl (C=O) groups is 3. The molecular weight excluding hydrogens is 362 g/mol. The minimum atomic E-state index is -0.863. The number of likely N-dealkylation sites (tertiary alicyclic amines) is 1. The Labute approximate surface area is 164 Å².